The molecule has 0 aliphatic heterocycles. The Morgan fingerprint density at radius 2 is 1.19 bits per heavy atom. The van der Waals surface area contributed by atoms with Gasteiger partial charge in [-0.3, -0.25) is 4.72 Å². The Labute approximate surface area is 211 Å². The molecule has 0 unspecified atom stereocenters. The van der Waals surface area contributed by atoms with Crippen molar-refractivity contribution in [3.05, 3.63) is 59.7 Å². The van der Waals surface area contributed by atoms with Gasteiger partial charge in [0.2, 0.25) is 5.75 Å². The Morgan fingerprint density at radius 3 is 1.69 bits per heavy atom. The highest BCUT2D eigenvalue weighted by molar-refractivity contribution is 7.92. The number of nitrogens with one attached hydrogen (secondary N) is 1. The van der Waals surface area contributed by atoms with Crippen LogP contribution < -0.4 is 33.1 Å². The summed E-state index contributed by atoms with van der Waals surface area (Å²) in [5.41, 5.74) is 1.58. The Hall–Kier alpha value is -4.05. The summed E-state index contributed by atoms with van der Waals surface area (Å²) in [5.74, 6) is 2.81. The number of methoxy groups -OCH3 is 6. The standard InChI is InChI=1S/C26H29NO8S/c1-30-19-9-11-20(12-10-19)36(28,29)27-21-16-23(32-3)22(31-2)15-18(21)8-7-17-13-24(33-4)26(35-6)25(14-17)34-5/h7-16,27H,1-6H3/b8-7-. The average molecular weight is 516 g/mol. The van der Waals surface area contributed by atoms with Crippen LogP contribution in [-0.2, 0) is 10.0 Å². The zero-order valence-corrected chi connectivity index (χ0v) is 21.8. The summed E-state index contributed by atoms with van der Waals surface area (Å²) in [6.45, 7) is 0. The van der Waals surface area contributed by atoms with E-state index in [2.05, 4.69) is 4.72 Å². The van der Waals surface area contributed by atoms with Crippen LogP contribution in [0.5, 0.6) is 34.5 Å². The van der Waals surface area contributed by atoms with Gasteiger partial charge in [0.25, 0.3) is 10.0 Å². The molecule has 36 heavy (non-hydrogen) atoms. The summed E-state index contributed by atoms with van der Waals surface area (Å²) in [6.07, 6.45) is 3.53. The molecular weight excluding hydrogens is 486 g/mol. The van der Waals surface area contributed by atoms with Crippen LogP contribution in [0.3, 0.4) is 0 Å². The van der Waals surface area contributed by atoms with Gasteiger partial charge >= 0.3 is 0 Å². The van der Waals surface area contributed by atoms with Crippen molar-refractivity contribution < 1.29 is 36.8 Å². The minimum Gasteiger partial charge on any atom is -0.497 e. The highest BCUT2D eigenvalue weighted by Crippen LogP contribution is 2.39. The van der Waals surface area contributed by atoms with Crippen LogP contribution in [0, 0.1) is 0 Å². The van der Waals surface area contributed by atoms with Gasteiger partial charge in [-0.25, -0.2) is 8.42 Å². The summed E-state index contributed by atoms with van der Waals surface area (Å²) in [5, 5.41) is 0. The van der Waals surface area contributed by atoms with E-state index in [0.717, 1.165) is 5.56 Å². The second kappa shape index (κ2) is 11.6. The molecule has 0 saturated carbocycles. The summed E-state index contributed by atoms with van der Waals surface area (Å²) in [6, 6.07) is 12.9. The highest BCUT2D eigenvalue weighted by atomic mass is 32.2. The molecule has 1 N–H and O–H groups in total. The van der Waals surface area contributed by atoms with E-state index in [9.17, 15) is 8.42 Å². The van der Waals surface area contributed by atoms with Crippen molar-refractivity contribution in [2.75, 3.05) is 47.4 Å². The molecule has 0 radical (unpaired) electrons. The van der Waals surface area contributed by atoms with Crippen LogP contribution in [-0.4, -0.2) is 51.1 Å². The maximum Gasteiger partial charge on any atom is 0.261 e. The van der Waals surface area contributed by atoms with Gasteiger partial charge in [0.05, 0.1) is 53.2 Å². The predicted molar refractivity (Wildman–Crippen MR) is 138 cm³/mol. The summed E-state index contributed by atoms with van der Waals surface area (Å²) in [7, 11) is 5.18. The van der Waals surface area contributed by atoms with Crippen molar-refractivity contribution in [1.82, 2.24) is 0 Å². The van der Waals surface area contributed by atoms with E-state index >= 15 is 0 Å². The van der Waals surface area contributed by atoms with Crippen LogP contribution in [0.15, 0.2) is 53.4 Å². The maximum absolute atomic E-state index is 13.1. The minimum atomic E-state index is -3.91. The normalized spacial score (nSPS) is 11.2. The molecule has 10 heteroatoms. The molecule has 0 aliphatic rings. The third kappa shape index (κ3) is 5.77. The van der Waals surface area contributed by atoms with Gasteiger partial charge in [0.1, 0.15) is 5.75 Å². The lowest BCUT2D eigenvalue weighted by molar-refractivity contribution is 0.324. The third-order valence-electron chi connectivity index (χ3n) is 5.31. The Balaban J connectivity index is 2.06. The molecule has 0 saturated heterocycles. The molecule has 0 fully saturated rings. The highest BCUT2D eigenvalue weighted by Gasteiger charge is 2.19. The number of ether oxygens (including phenoxy) is 6. The lowest BCUT2D eigenvalue weighted by Gasteiger charge is -2.15. The molecule has 9 nitrogen and oxygen atoms in total. The number of hydrogen-bond acceptors (Lipinski definition) is 8. The van der Waals surface area contributed by atoms with Gasteiger partial charge in [-0.05, 0) is 48.0 Å². The topological polar surface area (TPSA) is 102 Å². The molecule has 0 heterocycles. The van der Waals surface area contributed by atoms with E-state index in [4.69, 9.17) is 28.4 Å². The van der Waals surface area contributed by atoms with E-state index < -0.39 is 10.0 Å². The molecule has 3 aromatic carbocycles. The minimum absolute atomic E-state index is 0.0811. The molecule has 3 rings (SSSR count). The van der Waals surface area contributed by atoms with Crippen LogP contribution in [0.4, 0.5) is 5.69 Å². The molecule has 3 aromatic rings. The molecule has 0 aliphatic carbocycles. The summed E-state index contributed by atoms with van der Waals surface area (Å²) >= 11 is 0. The number of rotatable bonds is 11. The van der Waals surface area contributed by atoms with Crippen LogP contribution in [0.25, 0.3) is 12.2 Å². The quantitative estimate of drug-likeness (QED) is 0.367. The average Bonchev–Trinajstić information content (AvgIpc) is 2.91. The second-order valence-corrected chi connectivity index (χ2v) is 9.05. The number of benzene rings is 3. The van der Waals surface area contributed by atoms with Crippen molar-refractivity contribution >= 4 is 27.9 Å². The van der Waals surface area contributed by atoms with Gasteiger partial charge in [0, 0.05) is 11.6 Å². The Bertz CT molecular complexity index is 1310. The number of sulfonamides is 1. The summed E-state index contributed by atoms with van der Waals surface area (Å²) in [4.78, 5) is 0.0811. The number of hydrogen-bond donors (Lipinski definition) is 1. The first-order valence-corrected chi connectivity index (χ1v) is 12.2. The molecule has 0 bridgehead atoms. The third-order valence-corrected chi connectivity index (χ3v) is 6.69. The van der Waals surface area contributed by atoms with Crippen molar-refractivity contribution in [3.8, 4) is 34.5 Å². The van der Waals surface area contributed by atoms with Crippen molar-refractivity contribution in [2.45, 2.75) is 4.90 Å². The van der Waals surface area contributed by atoms with Crippen LogP contribution >= 0.6 is 0 Å². The zero-order chi connectivity index (χ0) is 26.3. The second-order valence-electron chi connectivity index (χ2n) is 7.37. The fourth-order valence-corrected chi connectivity index (χ4v) is 4.54. The van der Waals surface area contributed by atoms with E-state index in [1.54, 1.807) is 48.6 Å². The smallest absolute Gasteiger partial charge is 0.261 e. The van der Waals surface area contributed by atoms with Gasteiger partial charge < -0.3 is 28.4 Å². The van der Waals surface area contributed by atoms with Gasteiger partial charge in [-0.2, -0.15) is 0 Å². The molecular formula is C26H29NO8S. The predicted octanol–water partition coefficient (Wildman–Crippen LogP) is 4.71. The van der Waals surface area contributed by atoms with Crippen molar-refractivity contribution in [3.63, 3.8) is 0 Å². The largest absolute Gasteiger partial charge is 0.497 e. The lowest BCUT2D eigenvalue weighted by atomic mass is 10.1. The van der Waals surface area contributed by atoms with Gasteiger partial charge in [-0.15, -0.1) is 0 Å². The molecule has 0 atom stereocenters. The van der Waals surface area contributed by atoms with Gasteiger partial charge in [-0.1, -0.05) is 12.2 Å². The molecule has 0 amide bonds. The van der Waals surface area contributed by atoms with Crippen molar-refractivity contribution in [1.29, 1.82) is 0 Å². The summed E-state index contributed by atoms with van der Waals surface area (Å²) < 4.78 is 61.0. The fourth-order valence-electron chi connectivity index (χ4n) is 3.46. The first-order chi connectivity index (χ1) is 17.3. The molecule has 0 spiro atoms. The maximum atomic E-state index is 13.1. The van der Waals surface area contributed by atoms with Crippen molar-refractivity contribution in [2.24, 2.45) is 0 Å². The number of anilines is 1. The van der Waals surface area contributed by atoms with E-state index in [1.807, 2.05) is 0 Å². The van der Waals surface area contributed by atoms with Crippen LogP contribution in [0.2, 0.25) is 0 Å². The lowest BCUT2D eigenvalue weighted by Crippen LogP contribution is -2.14. The first-order valence-electron chi connectivity index (χ1n) is 10.7. The monoisotopic (exact) mass is 515 g/mol. The van der Waals surface area contributed by atoms with Gasteiger partial charge in [0.15, 0.2) is 23.0 Å². The molecule has 192 valence electrons. The van der Waals surface area contributed by atoms with E-state index in [1.165, 1.54) is 54.8 Å². The Kier molecular flexibility index (Phi) is 8.55. The Morgan fingerprint density at radius 1 is 0.639 bits per heavy atom. The van der Waals surface area contributed by atoms with E-state index in [-0.39, 0.29) is 4.90 Å². The zero-order valence-electron chi connectivity index (χ0n) is 20.9. The fraction of sp³-hybridized carbons (Fsp3) is 0.231. The first kappa shape index (κ1) is 26.6. The van der Waals surface area contributed by atoms with Crippen LogP contribution in [0.1, 0.15) is 11.1 Å². The molecule has 0 aromatic heterocycles. The SMILES string of the molecule is COc1ccc(S(=O)(=O)Nc2cc(OC)c(OC)cc2/C=C\c2cc(OC)c(OC)c(OC)c2)cc1. The van der Waals surface area contributed by atoms with E-state index in [0.29, 0.717) is 45.7 Å².